The average Bonchev–Trinajstić information content (AvgIpc) is 3.00. The molecular weight excluding hydrogens is 381 g/mol. The van der Waals surface area contributed by atoms with Crippen LogP contribution in [0.15, 0.2) is 46.0 Å². The van der Waals surface area contributed by atoms with Crippen LogP contribution < -0.4 is 4.72 Å². The van der Waals surface area contributed by atoms with Gasteiger partial charge >= 0.3 is 0 Å². The van der Waals surface area contributed by atoms with Crippen molar-refractivity contribution >= 4 is 38.2 Å². The van der Waals surface area contributed by atoms with Crippen molar-refractivity contribution in [2.24, 2.45) is 0 Å². The monoisotopic (exact) mass is 401 g/mol. The van der Waals surface area contributed by atoms with Crippen LogP contribution >= 0.6 is 23.1 Å². The summed E-state index contributed by atoms with van der Waals surface area (Å²) >= 11 is 2.26. The summed E-state index contributed by atoms with van der Waals surface area (Å²) in [5, 5.41) is 1.54. The first-order valence-corrected chi connectivity index (χ1v) is 10.8. The Kier molecular flexibility index (Phi) is 6.42. The number of carbonyl (C=O) groups is 1. The molecule has 2 rings (SSSR count). The Morgan fingerprint density at radius 3 is 2.40 bits per heavy atom. The number of nitrogens with one attached hydrogen (secondary N) is 1. The second-order valence-corrected chi connectivity index (χ2v) is 11.2. The third kappa shape index (κ3) is 6.22. The van der Waals surface area contributed by atoms with Crippen molar-refractivity contribution < 1.29 is 17.6 Å². The van der Waals surface area contributed by atoms with Gasteiger partial charge in [0.25, 0.3) is 10.0 Å². The molecule has 0 saturated carbocycles. The Balaban J connectivity index is 2.26. The first kappa shape index (κ1) is 20.1. The van der Waals surface area contributed by atoms with Crippen LogP contribution in [0.2, 0.25) is 0 Å². The molecule has 136 valence electrons. The van der Waals surface area contributed by atoms with Crippen molar-refractivity contribution in [1.29, 1.82) is 0 Å². The molecular formula is C17H20FNO3S3. The Hall–Kier alpha value is -1.22. The number of rotatable bonds is 6. The molecule has 0 fully saturated rings. The fourth-order valence-electron chi connectivity index (χ4n) is 2.13. The minimum atomic E-state index is -3.75. The zero-order valence-corrected chi connectivity index (χ0v) is 16.6. The molecule has 8 heteroatoms. The number of thioether (sulfide) groups is 1. The van der Waals surface area contributed by atoms with Gasteiger partial charge in [0.05, 0.1) is 6.04 Å². The van der Waals surface area contributed by atoms with Crippen LogP contribution in [0.1, 0.15) is 38.8 Å². The molecule has 1 N–H and O–H groups in total. The number of hydrogen-bond donors (Lipinski definition) is 1. The topological polar surface area (TPSA) is 63.2 Å². The largest absolute Gasteiger partial charge is 0.287 e. The molecule has 0 saturated heterocycles. The van der Waals surface area contributed by atoms with Crippen LogP contribution in [0.25, 0.3) is 0 Å². The lowest BCUT2D eigenvalue weighted by Gasteiger charge is -2.21. The van der Waals surface area contributed by atoms with Crippen molar-refractivity contribution in [3.05, 3.63) is 53.2 Å². The second kappa shape index (κ2) is 7.99. The summed E-state index contributed by atoms with van der Waals surface area (Å²) < 4.78 is 40.7. The smallest absolute Gasteiger partial charge is 0.250 e. The lowest BCUT2D eigenvalue weighted by Crippen LogP contribution is -2.30. The van der Waals surface area contributed by atoms with E-state index >= 15 is 0 Å². The summed E-state index contributed by atoms with van der Waals surface area (Å²) in [6.07, 6.45) is -0.0157. The first-order valence-electron chi connectivity index (χ1n) is 7.60. The van der Waals surface area contributed by atoms with Crippen LogP contribution in [0.4, 0.5) is 4.39 Å². The normalized spacial score (nSPS) is 13.6. The van der Waals surface area contributed by atoms with Gasteiger partial charge in [0.1, 0.15) is 10.0 Å². The molecule has 25 heavy (non-hydrogen) atoms. The van der Waals surface area contributed by atoms with Gasteiger partial charge < -0.3 is 0 Å². The molecule has 0 unspecified atom stereocenters. The van der Waals surface area contributed by atoms with E-state index < -0.39 is 21.9 Å². The summed E-state index contributed by atoms with van der Waals surface area (Å²) in [5.74, 6) is -0.418. The van der Waals surface area contributed by atoms with Crippen molar-refractivity contribution in [3.8, 4) is 0 Å². The van der Waals surface area contributed by atoms with E-state index in [0.29, 0.717) is 5.56 Å². The van der Waals surface area contributed by atoms with E-state index in [-0.39, 0.29) is 20.5 Å². The maximum atomic E-state index is 13.2. The molecule has 1 atom stereocenters. The van der Waals surface area contributed by atoms with Gasteiger partial charge in [-0.2, -0.15) is 0 Å². The Bertz CT molecular complexity index is 810. The van der Waals surface area contributed by atoms with E-state index in [9.17, 15) is 17.6 Å². The van der Waals surface area contributed by atoms with Crippen LogP contribution in [0, 0.1) is 5.82 Å². The third-order valence-corrected chi connectivity index (χ3v) is 7.00. The van der Waals surface area contributed by atoms with Crippen LogP contribution in [-0.2, 0) is 14.8 Å². The summed E-state index contributed by atoms with van der Waals surface area (Å²) in [4.78, 5) is 12.3. The maximum absolute atomic E-state index is 13.2. The highest BCUT2D eigenvalue weighted by atomic mass is 32.2. The quantitative estimate of drug-likeness (QED) is 0.781. The molecule has 4 nitrogen and oxygen atoms in total. The highest BCUT2D eigenvalue weighted by Gasteiger charge is 2.26. The van der Waals surface area contributed by atoms with Gasteiger partial charge in [-0.25, -0.2) is 17.5 Å². The molecule has 0 aliphatic rings. The van der Waals surface area contributed by atoms with Gasteiger partial charge in [0, 0.05) is 11.2 Å². The van der Waals surface area contributed by atoms with Gasteiger partial charge in [0.15, 0.2) is 5.12 Å². The molecule has 1 heterocycles. The number of halogens is 1. The van der Waals surface area contributed by atoms with E-state index in [0.717, 1.165) is 23.1 Å². The predicted octanol–water partition coefficient (Wildman–Crippen LogP) is 4.36. The number of sulfonamides is 1. The third-order valence-electron chi connectivity index (χ3n) is 3.12. The molecule has 1 aromatic heterocycles. The molecule has 1 aromatic carbocycles. The minimum Gasteiger partial charge on any atom is -0.287 e. The molecule has 0 aliphatic carbocycles. The van der Waals surface area contributed by atoms with Gasteiger partial charge in [-0.05, 0) is 29.1 Å². The summed E-state index contributed by atoms with van der Waals surface area (Å²) in [6.45, 7) is 5.74. The lowest BCUT2D eigenvalue weighted by atomic mass is 10.1. The maximum Gasteiger partial charge on any atom is 0.250 e. The van der Waals surface area contributed by atoms with E-state index in [1.807, 2.05) is 20.8 Å². The van der Waals surface area contributed by atoms with Gasteiger partial charge in [-0.1, -0.05) is 50.7 Å². The zero-order chi connectivity index (χ0) is 18.7. The van der Waals surface area contributed by atoms with Crippen LogP contribution in [-0.4, -0.2) is 18.3 Å². The van der Waals surface area contributed by atoms with Gasteiger partial charge in [-0.3, -0.25) is 4.79 Å². The summed E-state index contributed by atoms with van der Waals surface area (Å²) in [5.41, 5.74) is 0.546. The lowest BCUT2D eigenvalue weighted by molar-refractivity contribution is -0.111. The molecule has 0 radical (unpaired) electrons. The van der Waals surface area contributed by atoms with E-state index in [4.69, 9.17) is 0 Å². The SMILES string of the molecule is CC(C)(C)SC(=O)C[C@@H](NS(=O)(=O)c1cccs1)c1ccc(F)cc1. The summed E-state index contributed by atoms with van der Waals surface area (Å²) in [6, 6.07) is 7.88. The van der Waals surface area contributed by atoms with Gasteiger partial charge in [-0.15, -0.1) is 11.3 Å². The minimum absolute atomic E-state index is 0.0157. The average molecular weight is 402 g/mol. The molecule has 0 amide bonds. The predicted molar refractivity (Wildman–Crippen MR) is 101 cm³/mol. The van der Waals surface area contributed by atoms with Gasteiger partial charge in [0.2, 0.25) is 0 Å². The second-order valence-electron chi connectivity index (χ2n) is 6.45. The molecule has 2 aromatic rings. The highest BCUT2D eigenvalue weighted by Crippen LogP contribution is 2.30. The van der Waals surface area contributed by atoms with Crippen molar-refractivity contribution in [2.45, 2.75) is 42.2 Å². The first-order chi connectivity index (χ1) is 11.6. The van der Waals surface area contributed by atoms with E-state index in [2.05, 4.69) is 4.72 Å². The molecule has 0 spiro atoms. The van der Waals surface area contributed by atoms with E-state index in [1.165, 1.54) is 30.3 Å². The van der Waals surface area contributed by atoms with Crippen molar-refractivity contribution in [3.63, 3.8) is 0 Å². The zero-order valence-electron chi connectivity index (χ0n) is 14.2. The molecule has 0 bridgehead atoms. The van der Waals surface area contributed by atoms with Crippen molar-refractivity contribution in [2.75, 3.05) is 0 Å². The van der Waals surface area contributed by atoms with E-state index in [1.54, 1.807) is 11.4 Å². The Morgan fingerprint density at radius 1 is 1.24 bits per heavy atom. The van der Waals surface area contributed by atoms with Crippen LogP contribution in [0.3, 0.4) is 0 Å². The number of hydrogen-bond acceptors (Lipinski definition) is 5. The highest BCUT2D eigenvalue weighted by molar-refractivity contribution is 8.14. The Labute approximate surface area is 155 Å². The fourth-order valence-corrected chi connectivity index (χ4v) is 5.30. The van der Waals surface area contributed by atoms with Crippen LogP contribution in [0.5, 0.6) is 0 Å². The number of benzene rings is 1. The standard InChI is InChI=1S/C17H20FNO3S3/c1-17(2,3)24-15(20)11-14(12-6-8-13(18)9-7-12)19-25(21,22)16-5-4-10-23-16/h4-10,14,19H,11H2,1-3H3/t14-/m1/s1. The fraction of sp³-hybridized carbons (Fsp3) is 0.353. The Morgan fingerprint density at radius 2 is 1.88 bits per heavy atom. The molecule has 0 aliphatic heterocycles. The number of carbonyl (C=O) groups excluding carboxylic acids is 1. The van der Waals surface area contributed by atoms with Crippen molar-refractivity contribution in [1.82, 2.24) is 4.72 Å². The number of thiophene rings is 1. The summed E-state index contributed by atoms with van der Waals surface area (Å²) in [7, 11) is -3.75.